The molecule has 0 unspecified atom stereocenters. The summed E-state index contributed by atoms with van der Waals surface area (Å²) < 4.78 is 30.3. The molecule has 18 heavy (non-hydrogen) atoms. The standard InChI is InChI=1S/C11H13NO5S/c1-17-9-2-4-10(5-3-9)18(15,16)12-6-8(7-12)11(13)14/h2-5,8H,6-7H2,1H3,(H,13,14). The maximum Gasteiger partial charge on any atom is 0.309 e. The third kappa shape index (κ3) is 2.19. The Hall–Kier alpha value is -1.60. The molecule has 0 radical (unpaired) electrons. The van der Waals surface area contributed by atoms with Crippen LogP contribution in [0.25, 0.3) is 0 Å². The molecule has 1 aromatic carbocycles. The van der Waals surface area contributed by atoms with Crippen molar-refractivity contribution in [2.75, 3.05) is 20.2 Å². The Balaban J connectivity index is 2.14. The lowest BCUT2D eigenvalue weighted by Crippen LogP contribution is -2.52. The van der Waals surface area contributed by atoms with Crippen LogP contribution in [0.2, 0.25) is 0 Å². The number of methoxy groups -OCH3 is 1. The maximum absolute atomic E-state index is 12.1. The van der Waals surface area contributed by atoms with Crippen LogP contribution in [0.15, 0.2) is 29.2 Å². The van der Waals surface area contributed by atoms with Crippen molar-refractivity contribution in [3.63, 3.8) is 0 Å². The van der Waals surface area contributed by atoms with E-state index in [9.17, 15) is 13.2 Å². The molecule has 1 N–H and O–H groups in total. The van der Waals surface area contributed by atoms with Crippen molar-refractivity contribution >= 4 is 16.0 Å². The quantitative estimate of drug-likeness (QED) is 0.857. The molecule has 0 atom stereocenters. The Morgan fingerprint density at radius 3 is 2.33 bits per heavy atom. The van der Waals surface area contributed by atoms with Crippen LogP contribution in [0, 0.1) is 5.92 Å². The molecule has 0 bridgehead atoms. The first-order valence-corrected chi connectivity index (χ1v) is 6.76. The van der Waals surface area contributed by atoms with E-state index in [1.165, 1.54) is 19.2 Å². The van der Waals surface area contributed by atoms with Gasteiger partial charge in [0.1, 0.15) is 5.75 Å². The highest BCUT2D eigenvalue weighted by molar-refractivity contribution is 7.89. The monoisotopic (exact) mass is 271 g/mol. The molecule has 6 nitrogen and oxygen atoms in total. The molecule has 1 saturated heterocycles. The zero-order valence-electron chi connectivity index (χ0n) is 9.74. The fraction of sp³-hybridized carbons (Fsp3) is 0.364. The zero-order valence-corrected chi connectivity index (χ0v) is 10.6. The second-order valence-electron chi connectivity index (χ2n) is 4.03. The van der Waals surface area contributed by atoms with Gasteiger partial charge >= 0.3 is 5.97 Å². The van der Waals surface area contributed by atoms with Gasteiger partial charge in [0.05, 0.1) is 17.9 Å². The van der Waals surface area contributed by atoms with E-state index in [0.29, 0.717) is 5.75 Å². The molecule has 0 aliphatic carbocycles. The molecule has 0 spiro atoms. The number of ether oxygens (including phenoxy) is 1. The lowest BCUT2D eigenvalue weighted by Gasteiger charge is -2.35. The van der Waals surface area contributed by atoms with Gasteiger partial charge in [0.25, 0.3) is 0 Å². The van der Waals surface area contributed by atoms with Gasteiger partial charge in [0.2, 0.25) is 10.0 Å². The highest BCUT2D eigenvalue weighted by Gasteiger charge is 2.40. The first-order chi connectivity index (χ1) is 8.45. The lowest BCUT2D eigenvalue weighted by molar-refractivity contribution is -0.145. The number of benzene rings is 1. The summed E-state index contributed by atoms with van der Waals surface area (Å²) in [6, 6.07) is 6.01. The van der Waals surface area contributed by atoms with Crippen molar-refractivity contribution in [2.45, 2.75) is 4.90 Å². The molecule has 1 fully saturated rings. The van der Waals surface area contributed by atoms with Gasteiger partial charge in [0, 0.05) is 13.1 Å². The first kappa shape index (κ1) is 12.8. The van der Waals surface area contributed by atoms with Gasteiger partial charge < -0.3 is 9.84 Å². The van der Waals surface area contributed by atoms with Crippen molar-refractivity contribution in [3.8, 4) is 5.75 Å². The van der Waals surface area contributed by atoms with Crippen LogP contribution in [-0.4, -0.2) is 44.0 Å². The number of carboxylic acid groups (broad SMARTS) is 1. The maximum atomic E-state index is 12.1. The molecule has 2 rings (SSSR count). The van der Waals surface area contributed by atoms with Crippen LogP contribution in [0.5, 0.6) is 5.75 Å². The predicted molar refractivity (Wildman–Crippen MR) is 62.9 cm³/mol. The van der Waals surface area contributed by atoms with Gasteiger partial charge in [-0.15, -0.1) is 0 Å². The Labute approximate surface area is 105 Å². The Morgan fingerprint density at radius 1 is 1.33 bits per heavy atom. The van der Waals surface area contributed by atoms with E-state index >= 15 is 0 Å². The average molecular weight is 271 g/mol. The number of hydrogen-bond acceptors (Lipinski definition) is 4. The Bertz CT molecular complexity index is 545. The van der Waals surface area contributed by atoms with Crippen LogP contribution in [0.3, 0.4) is 0 Å². The van der Waals surface area contributed by atoms with Gasteiger partial charge in [-0.3, -0.25) is 4.79 Å². The number of carbonyl (C=O) groups is 1. The van der Waals surface area contributed by atoms with Gasteiger partial charge in [-0.1, -0.05) is 0 Å². The molecule has 98 valence electrons. The van der Waals surface area contributed by atoms with Crippen LogP contribution in [0.4, 0.5) is 0 Å². The van der Waals surface area contributed by atoms with Crippen LogP contribution in [-0.2, 0) is 14.8 Å². The van der Waals surface area contributed by atoms with Crippen molar-refractivity contribution in [1.82, 2.24) is 4.31 Å². The minimum absolute atomic E-state index is 0.0314. The van der Waals surface area contributed by atoms with Gasteiger partial charge in [-0.05, 0) is 24.3 Å². The Morgan fingerprint density at radius 2 is 1.89 bits per heavy atom. The van der Waals surface area contributed by atoms with Gasteiger partial charge in [-0.2, -0.15) is 4.31 Å². The van der Waals surface area contributed by atoms with Crippen molar-refractivity contribution < 1.29 is 23.1 Å². The average Bonchev–Trinajstić information content (AvgIpc) is 2.26. The lowest BCUT2D eigenvalue weighted by atomic mass is 10.0. The smallest absolute Gasteiger partial charge is 0.309 e. The zero-order chi connectivity index (χ0) is 13.3. The van der Waals surface area contributed by atoms with E-state index in [4.69, 9.17) is 9.84 Å². The summed E-state index contributed by atoms with van der Waals surface area (Å²) in [6.45, 7) is 0.0629. The second kappa shape index (κ2) is 4.58. The SMILES string of the molecule is COc1ccc(S(=O)(=O)N2CC(C(=O)O)C2)cc1. The van der Waals surface area contributed by atoms with Crippen molar-refractivity contribution in [1.29, 1.82) is 0 Å². The van der Waals surface area contributed by atoms with Crippen LogP contribution >= 0.6 is 0 Å². The number of sulfonamides is 1. The number of hydrogen-bond donors (Lipinski definition) is 1. The minimum Gasteiger partial charge on any atom is -0.497 e. The third-order valence-electron chi connectivity index (χ3n) is 2.89. The summed E-state index contributed by atoms with van der Waals surface area (Å²) in [4.78, 5) is 10.8. The minimum atomic E-state index is -3.58. The third-order valence-corrected chi connectivity index (χ3v) is 4.74. The van der Waals surface area contributed by atoms with E-state index < -0.39 is 21.9 Å². The topological polar surface area (TPSA) is 83.9 Å². The number of nitrogens with zero attached hydrogens (tertiary/aromatic N) is 1. The van der Waals surface area contributed by atoms with Crippen LogP contribution < -0.4 is 4.74 Å². The molecule has 7 heteroatoms. The van der Waals surface area contributed by atoms with E-state index in [1.54, 1.807) is 12.1 Å². The molecule has 1 heterocycles. The summed E-state index contributed by atoms with van der Waals surface area (Å²) in [5.41, 5.74) is 0. The normalized spacial score (nSPS) is 17.2. The Kier molecular flexibility index (Phi) is 3.27. The first-order valence-electron chi connectivity index (χ1n) is 5.32. The molecule has 1 aliphatic heterocycles. The summed E-state index contributed by atoms with van der Waals surface area (Å²) in [5.74, 6) is -0.991. The van der Waals surface area contributed by atoms with Gasteiger partial charge in [0.15, 0.2) is 0 Å². The number of aliphatic carboxylic acids is 1. The highest BCUT2D eigenvalue weighted by atomic mass is 32.2. The van der Waals surface area contributed by atoms with Crippen LogP contribution in [0.1, 0.15) is 0 Å². The molecular weight excluding hydrogens is 258 g/mol. The molecule has 0 amide bonds. The van der Waals surface area contributed by atoms with E-state index in [0.717, 1.165) is 4.31 Å². The fourth-order valence-electron chi connectivity index (χ4n) is 1.69. The highest BCUT2D eigenvalue weighted by Crippen LogP contribution is 2.26. The van der Waals surface area contributed by atoms with E-state index in [2.05, 4.69) is 0 Å². The molecule has 1 aliphatic rings. The largest absolute Gasteiger partial charge is 0.497 e. The summed E-state index contributed by atoms with van der Waals surface area (Å²) in [5, 5.41) is 8.72. The van der Waals surface area contributed by atoms with Crippen molar-refractivity contribution in [2.24, 2.45) is 5.92 Å². The second-order valence-corrected chi connectivity index (χ2v) is 5.97. The summed E-state index contributed by atoms with van der Waals surface area (Å²) in [6.07, 6.45) is 0. The number of rotatable bonds is 4. The predicted octanol–water partition coefficient (Wildman–Crippen LogP) is 0.400. The van der Waals surface area contributed by atoms with E-state index in [-0.39, 0.29) is 18.0 Å². The van der Waals surface area contributed by atoms with Gasteiger partial charge in [-0.25, -0.2) is 8.42 Å². The summed E-state index contributed by atoms with van der Waals surface area (Å²) >= 11 is 0. The molecule has 0 aromatic heterocycles. The molecular formula is C11H13NO5S. The molecule has 1 aromatic rings. The molecule has 0 saturated carbocycles. The summed E-state index contributed by atoms with van der Waals surface area (Å²) in [7, 11) is -2.08. The van der Waals surface area contributed by atoms with E-state index in [1.807, 2.05) is 0 Å². The fourth-order valence-corrected chi connectivity index (χ4v) is 3.22. The number of carboxylic acids is 1. The van der Waals surface area contributed by atoms with Crippen molar-refractivity contribution in [3.05, 3.63) is 24.3 Å².